The van der Waals surface area contributed by atoms with E-state index in [0.717, 1.165) is 23.5 Å². The second kappa shape index (κ2) is 6.87. The number of aromatic nitrogens is 3. The van der Waals surface area contributed by atoms with Crippen molar-refractivity contribution in [2.45, 2.75) is 13.5 Å². The molecule has 116 valence electrons. The molecule has 2 heterocycles. The summed E-state index contributed by atoms with van der Waals surface area (Å²) in [5.74, 6) is 2.04. The van der Waals surface area contributed by atoms with Gasteiger partial charge in [0, 0.05) is 36.1 Å². The summed E-state index contributed by atoms with van der Waals surface area (Å²) in [7, 11) is 1.59. The normalized spacial score (nSPS) is 10.3. The first-order valence-electron chi connectivity index (χ1n) is 7.38. The largest absolute Gasteiger partial charge is 0.481 e. The van der Waals surface area contributed by atoms with E-state index < -0.39 is 0 Å². The van der Waals surface area contributed by atoms with E-state index >= 15 is 0 Å². The highest BCUT2D eigenvalue weighted by Crippen LogP contribution is 2.20. The summed E-state index contributed by atoms with van der Waals surface area (Å²) >= 11 is 0. The van der Waals surface area contributed by atoms with E-state index in [-0.39, 0.29) is 0 Å². The van der Waals surface area contributed by atoms with E-state index in [0.29, 0.717) is 11.7 Å². The lowest BCUT2D eigenvalue weighted by atomic mass is 10.2. The molecule has 0 fully saturated rings. The molecule has 0 amide bonds. The number of nitrogens with one attached hydrogen (secondary N) is 1. The van der Waals surface area contributed by atoms with Crippen LogP contribution >= 0.6 is 0 Å². The van der Waals surface area contributed by atoms with Gasteiger partial charge in [0.05, 0.1) is 7.11 Å². The number of aryl methyl sites for hydroxylation is 1. The molecular formula is C18H18N4O. The minimum Gasteiger partial charge on any atom is -0.481 e. The Morgan fingerprint density at radius 1 is 1.00 bits per heavy atom. The first-order valence-corrected chi connectivity index (χ1v) is 7.38. The Labute approximate surface area is 135 Å². The summed E-state index contributed by atoms with van der Waals surface area (Å²) in [5, 5.41) is 3.37. The van der Waals surface area contributed by atoms with Crippen molar-refractivity contribution in [1.82, 2.24) is 15.0 Å². The van der Waals surface area contributed by atoms with Gasteiger partial charge in [-0.05, 0) is 18.6 Å². The predicted molar refractivity (Wildman–Crippen MR) is 90.3 cm³/mol. The van der Waals surface area contributed by atoms with Crippen LogP contribution in [0.15, 0.2) is 54.9 Å². The molecule has 0 atom stereocenters. The van der Waals surface area contributed by atoms with Gasteiger partial charge in [-0.2, -0.15) is 0 Å². The highest BCUT2D eigenvalue weighted by atomic mass is 16.5. The molecule has 5 nitrogen and oxygen atoms in total. The average molecular weight is 306 g/mol. The molecule has 23 heavy (non-hydrogen) atoms. The fraction of sp³-hybridized carbons (Fsp3) is 0.167. The molecule has 0 spiro atoms. The summed E-state index contributed by atoms with van der Waals surface area (Å²) in [6.45, 7) is 2.71. The summed E-state index contributed by atoms with van der Waals surface area (Å²) in [5.41, 5.74) is 3.07. The number of methoxy groups -OCH3 is 1. The topological polar surface area (TPSA) is 59.9 Å². The average Bonchev–Trinajstić information content (AvgIpc) is 2.62. The molecule has 0 aliphatic rings. The molecule has 0 radical (unpaired) electrons. The lowest BCUT2D eigenvalue weighted by Gasteiger charge is -2.10. The van der Waals surface area contributed by atoms with Crippen LogP contribution in [0.2, 0.25) is 0 Å². The van der Waals surface area contributed by atoms with E-state index in [1.54, 1.807) is 19.4 Å². The van der Waals surface area contributed by atoms with Gasteiger partial charge in [0.2, 0.25) is 5.88 Å². The maximum Gasteiger partial charge on any atom is 0.212 e. The highest BCUT2D eigenvalue weighted by molar-refractivity contribution is 5.57. The van der Waals surface area contributed by atoms with Gasteiger partial charge in [0.15, 0.2) is 5.82 Å². The van der Waals surface area contributed by atoms with Crippen LogP contribution in [0.1, 0.15) is 11.1 Å². The van der Waals surface area contributed by atoms with Gasteiger partial charge in [0.1, 0.15) is 5.82 Å². The van der Waals surface area contributed by atoms with E-state index in [4.69, 9.17) is 4.74 Å². The number of anilines is 1. The Bertz CT molecular complexity index is 773. The van der Waals surface area contributed by atoms with Gasteiger partial charge < -0.3 is 10.1 Å². The van der Waals surface area contributed by atoms with Gasteiger partial charge in [-0.3, -0.25) is 0 Å². The number of rotatable bonds is 5. The summed E-state index contributed by atoms with van der Waals surface area (Å²) in [6.07, 6.45) is 3.53. The zero-order chi connectivity index (χ0) is 16.1. The number of hydrogen-bond acceptors (Lipinski definition) is 5. The maximum atomic E-state index is 5.07. The zero-order valence-corrected chi connectivity index (χ0v) is 13.2. The summed E-state index contributed by atoms with van der Waals surface area (Å²) < 4.78 is 5.07. The van der Waals surface area contributed by atoms with Crippen LogP contribution in [0.4, 0.5) is 5.82 Å². The lowest BCUT2D eigenvalue weighted by Crippen LogP contribution is -2.05. The third-order valence-corrected chi connectivity index (χ3v) is 3.48. The fourth-order valence-corrected chi connectivity index (χ4v) is 2.18. The minimum absolute atomic E-state index is 0.572. The third-order valence-electron chi connectivity index (χ3n) is 3.48. The Balaban J connectivity index is 1.80. The van der Waals surface area contributed by atoms with Crippen molar-refractivity contribution in [2.24, 2.45) is 0 Å². The van der Waals surface area contributed by atoms with Crippen molar-refractivity contribution in [3.8, 4) is 17.3 Å². The van der Waals surface area contributed by atoms with Gasteiger partial charge >= 0.3 is 0 Å². The second-order valence-electron chi connectivity index (χ2n) is 5.15. The van der Waals surface area contributed by atoms with Crippen LogP contribution in [0.3, 0.4) is 0 Å². The van der Waals surface area contributed by atoms with Gasteiger partial charge in [-0.1, -0.05) is 30.3 Å². The van der Waals surface area contributed by atoms with E-state index in [9.17, 15) is 0 Å². The molecule has 0 aliphatic carbocycles. The molecule has 3 rings (SSSR count). The molecule has 1 aromatic carbocycles. The molecule has 0 aliphatic heterocycles. The van der Waals surface area contributed by atoms with Crippen LogP contribution in [-0.2, 0) is 6.54 Å². The van der Waals surface area contributed by atoms with Crippen LogP contribution in [0, 0.1) is 6.92 Å². The number of hydrogen-bond donors (Lipinski definition) is 1. The number of pyridine rings is 1. The Morgan fingerprint density at radius 2 is 1.83 bits per heavy atom. The second-order valence-corrected chi connectivity index (χ2v) is 5.15. The predicted octanol–water partition coefficient (Wildman–Crippen LogP) is 3.47. The van der Waals surface area contributed by atoms with E-state index in [1.165, 1.54) is 5.56 Å². The summed E-state index contributed by atoms with van der Waals surface area (Å²) in [6, 6.07) is 13.9. The van der Waals surface area contributed by atoms with Crippen molar-refractivity contribution in [3.05, 3.63) is 66.0 Å². The first kappa shape index (κ1) is 15.0. The van der Waals surface area contributed by atoms with Gasteiger partial charge in [-0.15, -0.1) is 0 Å². The van der Waals surface area contributed by atoms with Crippen LogP contribution in [0.5, 0.6) is 5.88 Å². The molecule has 5 heteroatoms. The molecule has 1 N–H and O–H groups in total. The molecule has 0 unspecified atom stereocenters. The number of benzene rings is 1. The van der Waals surface area contributed by atoms with Gasteiger partial charge in [0.25, 0.3) is 0 Å². The van der Waals surface area contributed by atoms with Crippen molar-refractivity contribution in [2.75, 3.05) is 12.4 Å². The zero-order valence-electron chi connectivity index (χ0n) is 13.2. The van der Waals surface area contributed by atoms with Crippen LogP contribution in [0.25, 0.3) is 11.4 Å². The smallest absolute Gasteiger partial charge is 0.212 e. The molecule has 0 saturated heterocycles. The number of nitrogens with zero attached hydrogens (tertiary/aromatic N) is 3. The molecule has 0 bridgehead atoms. The van der Waals surface area contributed by atoms with Crippen molar-refractivity contribution in [1.29, 1.82) is 0 Å². The van der Waals surface area contributed by atoms with Crippen LogP contribution < -0.4 is 10.1 Å². The molecule has 0 saturated carbocycles. The third kappa shape index (κ3) is 3.63. The SMILES string of the molecule is COc1ccc(-c2ncc(C)c(NCc3ccccc3)n2)cn1. The van der Waals surface area contributed by atoms with Crippen molar-refractivity contribution >= 4 is 5.82 Å². The van der Waals surface area contributed by atoms with E-state index in [1.807, 2.05) is 37.4 Å². The monoisotopic (exact) mass is 306 g/mol. The fourth-order valence-electron chi connectivity index (χ4n) is 2.18. The lowest BCUT2D eigenvalue weighted by molar-refractivity contribution is 0.398. The molecule has 2 aromatic heterocycles. The first-order chi connectivity index (χ1) is 11.3. The Morgan fingerprint density at radius 3 is 2.52 bits per heavy atom. The van der Waals surface area contributed by atoms with Crippen molar-refractivity contribution in [3.63, 3.8) is 0 Å². The molecule has 3 aromatic rings. The summed E-state index contributed by atoms with van der Waals surface area (Å²) in [4.78, 5) is 13.2. The standard InChI is InChI=1S/C18H18N4O/c1-13-10-20-18(15-8-9-16(23-2)19-12-15)22-17(13)21-11-14-6-4-3-5-7-14/h3-10,12H,11H2,1-2H3,(H,20,21,22). The maximum absolute atomic E-state index is 5.07. The van der Waals surface area contributed by atoms with E-state index in [2.05, 4.69) is 32.4 Å². The Kier molecular flexibility index (Phi) is 4.47. The number of ether oxygens (including phenoxy) is 1. The minimum atomic E-state index is 0.572. The van der Waals surface area contributed by atoms with Gasteiger partial charge in [-0.25, -0.2) is 15.0 Å². The molecular weight excluding hydrogens is 288 g/mol. The Hall–Kier alpha value is -2.95. The van der Waals surface area contributed by atoms with Crippen LogP contribution in [-0.4, -0.2) is 22.1 Å². The quantitative estimate of drug-likeness (QED) is 0.782. The van der Waals surface area contributed by atoms with Crippen molar-refractivity contribution < 1.29 is 4.74 Å². The highest BCUT2D eigenvalue weighted by Gasteiger charge is 2.07.